The molecule has 0 spiro atoms. The molecule has 0 saturated heterocycles. The number of rotatable bonds is 3. The summed E-state index contributed by atoms with van der Waals surface area (Å²) in [4.78, 5) is 23.1. The van der Waals surface area contributed by atoms with E-state index in [1.54, 1.807) is 12.1 Å². The van der Waals surface area contributed by atoms with Gasteiger partial charge in [-0.2, -0.15) is 0 Å². The molecule has 0 fully saturated rings. The second-order valence-electron chi connectivity index (χ2n) is 5.74. The predicted molar refractivity (Wildman–Crippen MR) is 89.7 cm³/mol. The second kappa shape index (κ2) is 5.80. The lowest BCUT2D eigenvalue weighted by atomic mass is 9.84. The molecule has 0 aromatic heterocycles. The topological polar surface area (TPSA) is 60.2 Å². The van der Waals surface area contributed by atoms with Crippen LogP contribution in [0.3, 0.4) is 0 Å². The van der Waals surface area contributed by atoms with Crippen molar-refractivity contribution in [2.24, 2.45) is 0 Å². The normalized spacial score (nSPS) is 13.5. The van der Waals surface area contributed by atoms with Crippen molar-refractivity contribution >= 4 is 17.0 Å². The lowest BCUT2D eigenvalue weighted by Gasteiger charge is -2.18. The Hall–Kier alpha value is -2.75. The van der Waals surface area contributed by atoms with Crippen molar-refractivity contribution in [3.63, 3.8) is 0 Å². The summed E-state index contributed by atoms with van der Waals surface area (Å²) in [5.74, 6) is -0.00481. The Morgan fingerprint density at radius 1 is 1.17 bits per heavy atom. The third kappa shape index (κ3) is 2.68. The molecule has 4 nitrogen and oxygen atoms in total. The number of non-ortho nitro benzene ring substituents is 1. The van der Waals surface area contributed by atoms with Gasteiger partial charge in [-0.25, -0.2) is 0 Å². The minimum absolute atomic E-state index is 0.00481. The van der Waals surface area contributed by atoms with Crippen LogP contribution >= 0.6 is 0 Å². The van der Waals surface area contributed by atoms with Crippen molar-refractivity contribution in [2.75, 3.05) is 0 Å². The maximum absolute atomic E-state index is 12.8. The van der Waals surface area contributed by atoms with Crippen LogP contribution in [0, 0.1) is 17.0 Å². The van der Waals surface area contributed by atoms with Gasteiger partial charge >= 0.3 is 0 Å². The van der Waals surface area contributed by atoms with Crippen molar-refractivity contribution in [3.8, 4) is 0 Å². The monoisotopic (exact) mass is 307 g/mol. The summed E-state index contributed by atoms with van der Waals surface area (Å²) in [5, 5.41) is 10.7. The van der Waals surface area contributed by atoms with Crippen LogP contribution in [-0.2, 0) is 12.8 Å². The van der Waals surface area contributed by atoms with E-state index in [1.165, 1.54) is 23.3 Å². The minimum Gasteiger partial charge on any atom is -0.289 e. The Bertz CT molecular complexity index is 832. The molecule has 0 saturated carbocycles. The summed E-state index contributed by atoms with van der Waals surface area (Å²) in [6, 6.07) is 10.2. The molecule has 4 heteroatoms. The first-order valence-electron chi connectivity index (χ1n) is 7.63. The van der Waals surface area contributed by atoms with E-state index in [0.717, 1.165) is 23.1 Å². The predicted octanol–water partition coefficient (Wildman–Crippen LogP) is 4.29. The highest BCUT2D eigenvalue weighted by Gasteiger charge is 2.23. The van der Waals surface area contributed by atoms with Crippen LogP contribution in [0.5, 0.6) is 0 Å². The van der Waals surface area contributed by atoms with E-state index in [1.807, 2.05) is 12.1 Å². The van der Waals surface area contributed by atoms with Crippen molar-refractivity contribution in [1.29, 1.82) is 0 Å². The van der Waals surface area contributed by atoms with E-state index >= 15 is 0 Å². The Morgan fingerprint density at radius 3 is 2.48 bits per heavy atom. The Balaban J connectivity index is 1.99. The van der Waals surface area contributed by atoms with Gasteiger partial charge in [0.15, 0.2) is 5.78 Å². The molecule has 2 aromatic carbocycles. The number of nitro benzene ring substituents is 1. The minimum atomic E-state index is -0.438. The van der Waals surface area contributed by atoms with Gasteiger partial charge in [-0.3, -0.25) is 14.9 Å². The molecule has 0 aliphatic heterocycles. The Labute approximate surface area is 134 Å². The molecule has 0 unspecified atom stereocenters. The molecule has 1 aliphatic carbocycles. The number of fused-ring (bicyclic) bond motifs is 1. The van der Waals surface area contributed by atoms with E-state index in [4.69, 9.17) is 0 Å². The van der Waals surface area contributed by atoms with Crippen LogP contribution in [0.25, 0.3) is 5.57 Å². The maximum Gasteiger partial charge on any atom is 0.269 e. The zero-order valence-corrected chi connectivity index (χ0v) is 13.1. The highest BCUT2D eigenvalue weighted by atomic mass is 16.6. The number of carbonyl (C=O) groups is 1. The van der Waals surface area contributed by atoms with E-state index in [-0.39, 0.29) is 11.5 Å². The van der Waals surface area contributed by atoms with E-state index in [0.29, 0.717) is 12.0 Å². The molecule has 116 valence electrons. The average molecular weight is 307 g/mol. The van der Waals surface area contributed by atoms with Crippen LogP contribution in [0.1, 0.15) is 39.5 Å². The smallest absolute Gasteiger partial charge is 0.269 e. The second-order valence-corrected chi connectivity index (χ2v) is 5.74. The molecule has 0 N–H and O–H groups in total. The van der Waals surface area contributed by atoms with Crippen LogP contribution < -0.4 is 0 Å². The van der Waals surface area contributed by atoms with Crippen molar-refractivity contribution < 1.29 is 9.72 Å². The number of nitro groups is 1. The fourth-order valence-electron chi connectivity index (χ4n) is 3.04. The van der Waals surface area contributed by atoms with E-state index < -0.39 is 4.92 Å². The van der Waals surface area contributed by atoms with Crippen LogP contribution in [0.2, 0.25) is 0 Å². The number of benzene rings is 2. The average Bonchev–Trinajstić information content (AvgIpc) is 2.55. The first-order chi connectivity index (χ1) is 11.0. The molecular weight excluding hydrogens is 290 g/mol. The van der Waals surface area contributed by atoms with E-state index in [9.17, 15) is 14.9 Å². The molecule has 0 heterocycles. The molecular formula is C19H17NO3. The summed E-state index contributed by atoms with van der Waals surface area (Å²) < 4.78 is 0. The van der Waals surface area contributed by atoms with Crippen molar-refractivity contribution in [3.05, 3.63) is 80.4 Å². The highest BCUT2D eigenvalue weighted by molar-refractivity contribution is 6.30. The molecule has 23 heavy (non-hydrogen) atoms. The Morgan fingerprint density at radius 2 is 1.87 bits per heavy atom. The van der Waals surface area contributed by atoms with Gasteiger partial charge < -0.3 is 0 Å². The molecule has 0 radical (unpaired) electrons. The maximum atomic E-state index is 12.8. The van der Waals surface area contributed by atoms with Crippen molar-refractivity contribution in [2.45, 2.75) is 26.7 Å². The molecule has 2 aromatic rings. The third-order valence-electron chi connectivity index (χ3n) is 4.35. The molecule has 1 aliphatic rings. The number of allylic oxidation sites excluding steroid dienone is 2. The largest absolute Gasteiger partial charge is 0.289 e. The molecule has 3 rings (SSSR count). The van der Waals surface area contributed by atoms with Gasteiger partial charge in [0.25, 0.3) is 5.69 Å². The molecule has 0 amide bonds. The summed E-state index contributed by atoms with van der Waals surface area (Å²) in [6.45, 7) is 4.15. The van der Waals surface area contributed by atoms with Gasteiger partial charge in [0.1, 0.15) is 0 Å². The fourth-order valence-corrected chi connectivity index (χ4v) is 3.04. The number of hydrogen-bond acceptors (Lipinski definition) is 3. The number of hydrogen-bond donors (Lipinski definition) is 0. The summed E-state index contributed by atoms with van der Waals surface area (Å²) in [7, 11) is 0. The van der Waals surface area contributed by atoms with Gasteiger partial charge in [0.2, 0.25) is 0 Å². The lowest BCUT2D eigenvalue weighted by Crippen LogP contribution is -2.13. The van der Waals surface area contributed by atoms with Gasteiger partial charge in [-0.15, -0.1) is 0 Å². The number of carbonyl (C=O) groups excluding carboxylic acids is 1. The first kappa shape index (κ1) is 15.2. The summed E-state index contributed by atoms with van der Waals surface area (Å²) in [6.07, 6.45) is 3.51. The zero-order chi connectivity index (χ0) is 16.6. The SMILES string of the molecule is CCc1cc2c(cc1C)CC=C(c1ccc([N+](=O)[O-])cc1)C2=O. The van der Waals surface area contributed by atoms with Crippen LogP contribution in [0.4, 0.5) is 5.69 Å². The highest BCUT2D eigenvalue weighted by Crippen LogP contribution is 2.30. The number of Topliss-reactive ketones (excluding diaryl/α,β-unsaturated/α-hetero) is 1. The molecule has 0 atom stereocenters. The van der Waals surface area contributed by atoms with Crippen LogP contribution in [0.15, 0.2) is 42.5 Å². The van der Waals surface area contributed by atoms with Gasteiger partial charge in [0, 0.05) is 23.3 Å². The van der Waals surface area contributed by atoms with E-state index in [2.05, 4.69) is 19.9 Å². The summed E-state index contributed by atoms with van der Waals surface area (Å²) in [5.41, 5.74) is 5.58. The summed E-state index contributed by atoms with van der Waals surface area (Å²) >= 11 is 0. The standard InChI is InChI=1S/C19H17NO3/c1-3-13-11-18-15(10-12(13)2)6-9-17(19(18)21)14-4-7-16(8-5-14)20(22)23/h4-5,7-11H,3,6H2,1-2H3. The first-order valence-corrected chi connectivity index (χ1v) is 7.63. The Kier molecular flexibility index (Phi) is 3.82. The van der Waals surface area contributed by atoms with Crippen LogP contribution in [-0.4, -0.2) is 10.7 Å². The number of aryl methyl sites for hydroxylation is 2. The third-order valence-corrected chi connectivity index (χ3v) is 4.35. The molecule has 0 bridgehead atoms. The van der Waals surface area contributed by atoms with Gasteiger partial charge in [-0.05, 0) is 60.2 Å². The number of ketones is 1. The lowest BCUT2D eigenvalue weighted by molar-refractivity contribution is -0.384. The fraction of sp³-hybridized carbons (Fsp3) is 0.211. The number of nitrogens with zero attached hydrogens (tertiary/aromatic N) is 1. The zero-order valence-electron chi connectivity index (χ0n) is 13.1. The van der Waals surface area contributed by atoms with Crippen molar-refractivity contribution in [1.82, 2.24) is 0 Å². The quantitative estimate of drug-likeness (QED) is 0.628. The van der Waals surface area contributed by atoms with Gasteiger partial charge in [0.05, 0.1) is 4.92 Å². The van der Waals surface area contributed by atoms with Gasteiger partial charge in [-0.1, -0.05) is 19.1 Å².